The summed E-state index contributed by atoms with van der Waals surface area (Å²) in [5.41, 5.74) is 1.55. The molecule has 0 fully saturated rings. The monoisotopic (exact) mass is 439 g/mol. The van der Waals surface area contributed by atoms with Gasteiger partial charge in [-0.25, -0.2) is 18.1 Å². The number of carbonyl (C=O) groups excluding carboxylic acids is 1. The Morgan fingerprint density at radius 2 is 1.70 bits per heavy atom. The highest BCUT2D eigenvalue weighted by Gasteiger charge is 2.17. The summed E-state index contributed by atoms with van der Waals surface area (Å²) in [4.78, 5) is 20.6. The summed E-state index contributed by atoms with van der Waals surface area (Å²) in [5, 5.41) is 3.20. The zero-order valence-corrected chi connectivity index (χ0v) is 19.9. The third-order valence-corrected chi connectivity index (χ3v) is 5.98. The number of sulfonamides is 1. The number of guanidine groups is 1. The number of benzene rings is 1. The number of aliphatic imine (C=N–C) groups is 1. The van der Waals surface area contributed by atoms with Crippen molar-refractivity contribution in [3.05, 3.63) is 35.4 Å². The van der Waals surface area contributed by atoms with E-state index >= 15 is 0 Å². The van der Waals surface area contributed by atoms with Crippen LogP contribution in [0.3, 0.4) is 0 Å². The molecule has 170 valence electrons. The molecule has 0 saturated heterocycles. The summed E-state index contributed by atoms with van der Waals surface area (Å²) >= 11 is 0. The van der Waals surface area contributed by atoms with Gasteiger partial charge < -0.3 is 15.1 Å². The Balaban J connectivity index is 2.99. The predicted octanol–water partition coefficient (Wildman–Crippen LogP) is 1.78. The number of amides is 1. The molecule has 0 aliphatic carbocycles. The molecule has 0 aliphatic rings. The van der Waals surface area contributed by atoms with E-state index in [-0.39, 0.29) is 24.2 Å². The second kappa shape index (κ2) is 12.5. The van der Waals surface area contributed by atoms with E-state index in [1.165, 1.54) is 0 Å². The molecule has 1 rings (SSSR count). The van der Waals surface area contributed by atoms with Crippen LogP contribution in [0.25, 0.3) is 0 Å². The molecule has 0 radical (unpaired) electrons. The standard InChI is InChI=1S/C21H37N5O3S/c1-7-22-21(25(6)15-20(27)26(8-2)9-3)23-14-18-12-10-11-13-19(18)16-30(28,29)24-17(4)5/h10-13,17,24H,7-9,14-16H2,1-6H3,(H,22,23). The molecule has 0 atom stereocenters. The van der Waals surface area contributed by atoms with E-state index in [9.17, 15) is 13.2 Å². The Bertz CT molecular complexity index is 805. The maximum Gasteiger partial charge on any atom is 0.242 e. The molecule has 9 heteroatoms. The van der Waals surface area contributed by atoms with Crippen molar-refractivity contribution in [2.75, 3.05) is 33.2 Å². The lowest BCUT2D eigenvalue weighted by molar-refractivity contribution is -0.131. The van der Waals surface area contributed by atoms with Crippen LogP contribution in [0.5, 0.6) is 0 Å². The van der Waals surface area contributed by atoms with Crippen molar-refractivity contribution in [3.8, 4) is 0 Å². The molecule has 0 aliphatic heterocycles. The minimum Gasteiger partial charge on any atom is -0.357 e. The fraction of sp³-hybridized carbons (Fsp3) is 0.619. The molecule has 1 aromatic rings. The van der Waals surface area contributed by atoms with E-state index in [4.69, 9.17) is 0 Å². The Kier molecular flexibility index (Phi) is 10.8. The summed E-state index contributed by atoms with van der Waals surface area (Å²) < 4.78 is 27.3. The van der Waals surface area contributed by atoms with E-state index in [1.54, 1.807) is 23.6 Å². The largest absolute Gasteiger partial charge is 0.357 e. The Morgan fingerprint density at radius 1 is 1.10 bits per heavy atom. The van der Waals surface area contributed by atoms with Crippen LogP contribution in [-0.2, 0) is 27.1 Å². The molecule has 0 unspecified atom stereocenters. The summed E-state index contributed by atoms with van der Waals surface area (Å²) in [5.74, 6) is 0.555. The van der Waals surface area contributed by atoms with Gasteiger partial charge in [-0.1, -0.05) is 24.3 Å². The van der Waals surface area contributed by atoms with Gasteiger partial charge in [-0.05, 0) is 45.7 Å². The summed E-state index contributed by atoms with van der Waals surface area (Å²) in [6, 6.07) is 7.24. The first-order valence-corrected chi connectivity index (χ1v) is 12.1. The second-order valence-electron chi connectivity index (χ2n) is 7.39. The highest BCUT2D eigenvalue weighted by Crippen LogP contribution is 2.14. The fourth-order valence-electron chi connectivity index (χ4n) is 3.04. The highest BCUT2D eigenvalue weighted by molar-refractivity contribution is 7.88. The number of nitrogens with one attached hydrogen (secondary N) is 2. The van der Waals surface area contributed by atoms with E-state index in [1.807, 2.05) is 52.1 Å². The van der Waals surface area contributed by atoms with Crippen LogP contribution in [-0.4, -0.2) is 69.4 Å². The molecule has 0 aromatic heterocycles. The molecular formula is C21H37N5O3S. The first-order valence-electron chi connectivity index (χ1n) is 10.5. The van der Waals surface area contributed by atoms with E-state index in [0.29, 0.717) is 37.7 Å². The van der Waals surface area contributed by atoms with Crippen molar-refractivity contribution in [1.29, 1.82) is 0 Å². The summed E-state index contributed by atoms with van der Waals surface area (Å²) in [6.07, 6.45) is 0. The van der Waals surface area contributed by atoms with Gasteiger partial charge in [0.05, 0.1) is 18.8 Å². The molecule has 0 heterocycles. The molecule has 2 N–H and O–H groups in total. The van der Waals surface area contributed by atoms with Gasteiger partial charge in [-0.3, -0.25) is 4.79 Å². The number of carbonyl (C=O) groups is 1. The first-order chi connectivity index (χ1) is 14.1. The molecule has 1 amide bonds. The minimum absolute atomic E-state index is 0.0411. The van der Waals surface area contributed by atoms with Gasteiger partial charge in [0.2, 0.25) is 15.9 Å². The van der Waals surface area contributed by atoms with Gasteiger partial charge >= 0.3 is 0 Å². The van der Waals surface area contributed by atoms with E-state index in [2.05, 4.69) is 15.0 Å². The minimum atomic E-state index is -3.43. The van der Waals surface area contributed by atoms with Crippen LogP contribution < -0.4 is 10.0 Å². The van der Waals surface area contributed by atoms with Crippen molar-refractivity contribution in [3.63, 3.8) is 0 Å². The molecular weight excluding hydrogens is 402 g/mol. The number of likely N-dealkylation sites (N-methyl/N-ethyl adjacent to an activating group) is 2. The Morgan fingerprint density at radius 3 is 2.23 bits per heavy atom. The molecule has 0 spiro atoms. The van der Waals surface area contributed by atoms with E-state index in [0.717, 1.165) is 5.56 Å². The molecule has 1 aromatic carbocycles. The average Bonchev–Trinajstić information content (AvgIpc) is 2.65. The van der Waals surface area contributed by atoms with Gasteiger partial charge in [0.15, 0.2) is 5.96 Å². The van der Waals surface area contributed by atoms with Crippen LogP contribution in [0.2, 0.25) is 0 Å². The van der Waals surface area contributed by atoms with Crippen molar-refractivity contribution >= 4 is 21.9 Å². The maximum atomic E-state index is 12.4. The summed E-state index contributed by atoms with van der Waals surface area (Å²) in [6.45, 7) is 12.0. The van der Waals surface area contributed by atoms with Crippen molar-refractivity contribution in [2.45, 2.75) is 53.0 Å². The Labute approximate surface area is 181 Å². The lowest BCUT2D eigenvalue weighted by Crippen LogP contribution is -2.45. The van der Waals surface area contributed by atoms with Crippen LogP contribution >= 0.6 is 0 Å². The maximum absolute atomic E-state index is 12.4. The van der Waals surface area contributed by atoms with Crippen LogP contribution in [0.4, 0.5) is 0 Å². The van der Waals surface area contributed by atoms with E-state index < -0.39 is 10.0 Å². The molecule has 8 nitrogen and oxygen atoms in total. The number of hydrogen-bond acceptors (Lipinski definition) is 4. The van der Waals surface area contributed by atoms with Crippen molar-refractivity contribution in [2.24, 2.45) is 4.99 Å². The smallest absolute Gasteiger partial charge is 0.242 e. The average molecular weight is 440 g/mol. The van der Waals surface area contributed by atoms with Gasteiger partial charge in [-0.2, -0.15) is 0 Å². The van der Waals surface area contributed by atoms with Crippen LogP contribution in [0.15, 0.2) is 29.3 Å². The number of nitrogens with zero attached hydrogens (tertiary/aromatic N) is 3. The zero-order chi connectivity index (χ0) is 22.7. The lowest BCUT2D eigenvalue weighted by Gasteiger charge is -2.25. The normalized spacial score (nSPS) is 12.2. The Hall–Kier alpha value is -2.13. The van der Waals surface area contributed by atoms with Crippen molar-refractivity contribution in [1.82, 2.24) is 19.8 Å². The molecule has 0 saturated carbocycles. The second-order valence-corrected chi connectivity index (χ2v) is 9.15. The first kappa shape index (κ1) is 25.9. The third-order valence-electron chi connectivity index (χ3n) is 4.46. The zero-order valence-electron chi connectivity index (χ0n) is 19.1. The fourth-order valence-corrected chi connectivity index (χ4v) is 4.53. The number of hydrogen-bond donors (Lipinski definition) is 2. The quantitative estimate of drug-likeness (QED) is 0.405. The third kappa shape index (κ3) is 8.71. The molecule has 0 bridgehead atoms. The lowest BCUT2D eigenvalue weighted by atomic mass is 10.1. The van der Waals surface area contributed by atoms with Gasteiger partial charge in [0.1, 0.15) is 0 Å². The van der Waals surface area contributed by atoms with Gasteiger partial charge in [0, 0.05) is 32.7 Å². The predicted molar refractivity (Wildman–Crippen MR) is 123 cm³/mol. The number of rotatable bonds is 11. The highest BCUT2D eigenvalue weighted by atomic mass is 32.2. The topological polar surface area (TPSA) is 94.1 Å². The van der Waals surface area contributed by atoms with Gasteiger partial charge in [-0.15, -0.1) is 0 Å². The van der Waals surface area contributed by atoms with Gasteiger partial charge in [0.25, 0.3) is 0 Å². The summed E-state index contributed by atoms with van der Waals surface area (Å²) in [7, 11) is -1.60. The van der Waals surface area contributed by atoms with Crippen LogP contribution in [0, 0.1) is 0 Å². The van der Waals surface area contributed by atoms with Crippen LogP contribution in [0.1, 0.15) is 45.7 Å². The van der Waals surface area contributed by atoms with Crippen molar-refractivity contribution < 1.29 is 13.2 Å². The SMILES string of the molecule is CCNC(=NCc1ccccc1CS(=O)(=O)NC(C)C)N(C)CC(=O)N(CC)CC. The molecule has 30 heavy (non-hydrogen) atoms.